The number of esters is 1. The summed E-state index contributed by atoms with van der Waals surface area (Å²) in [6.45, 7) is 3.71. The Balaban J connectivity index is 3.91. The summed E-state index contributed by atoms with van der Waals surface area (Å²) in [7, 11) is 1.22. The maximum atomic E-state index is 11.0. The molecule has 11 heavy (non-hydrogen) atoms. The van der Waals surface area contributed by atoms with E-state index in [9.17, 15) is 9.59 Å². The first-order chi connectivity index (χ1) is 5.13. The van der Waals surface area contributed by atoms with Crippen molar-refractivity contribution in [2.45, 2.75) is 26.7 Å². The SMILES string of the molecule is CCCC(C)C(=O)C(=O)OC. The van der Waals surface area contributed by atoms with E-state index in [0.717, 1.165) is 12.8 Å². The van der Waals surface area contributed by atoms with Crippen LogP contribution in [-0.2, 0) is 14.3 Å². The predicted octanol–water partition coefficient (Wildman–Crippen LogP) is 1.16. The summed E-state index contributed by atoms with van der Waals surface area (Å²) in [5, 5.41) is 0. The van der Waals surface area contributed by atoms with Crippen molar-refractivity contribution in [3.05, 3.63) is 0 Å². The fourth-order valence-electron chi connectivity index (χ4n) is 0.866. The van der Waals surface area contributed by atoms with Crippen LogP contribution in [0.5, 0.6) is 0 Å². The lowest BCUT2D eigenvalue weighted by Gasteiger charge is -2.05. The molecule has 0 fully saturated rings. The van der Waals surface area contributed by atoms with Crippen molar-refractivity contribution in [1.29, 1.82) is 0 Å². The van der Waals surface area contributed by atoms with E-state index < -0.39 is 11.8 Å². The van der Waals surface area contributed by atoms with Crippen molar-refractivity contribution >= 4 is 11.8 Å². The largest absolute Gasteiger partial charge is 0.463 e. The van der Waals surface area contributed by atoms with Crippen molar-refractivity contribution in [2.75, 3.05) is 7.11 Å². The molecule has 0 saturated carbocycles. The highest BCUT2D eigenvalue weighted by Crippen LogP contribution is 2.06. The zero-order chi connectivity index (χ0) is 8.85. The number of rotatable bonds is 4. The molecule has 0 aliphatic carbocycles. The van der Waals surface area contributed by atoms with Gasteiger partial charge in [0.15, 0.2) is 0 Å². The average Bonchev–Trinajstić information content (AvgIpc) is 2.02. The van der Waals surface area contributed by atoms with E-state index in [2.05, 4.69) is 4.74 Å². The summed E-state index contributed by atoms with van der Waals surface area (Å²) in [4.78, 5) is 21.6. The van der Waals surface area contributed by atoms with Gasteiger partial charge in [0.1, 0.15) is 0 Å². The van der Waals surface area contributed by atoms with Gasteiger partial charge in [-0.3, -0.25) is 4.79 Å². The second-order valence-electron chi connectivity index (χ2n) is 2.55. The Labute approximate surface area is 66.7 Å². The van der Waals surface area contributed by atoms with Crippen LogP contribution >= 0.6 is 0 Å². The highest BCUT2D eigenvalue weighted by Gasteiger charge is 2.20. The van der Waals surface area contributed by atoms with E-state index in [1.807, 2.05) is 6.92 Å². The highest BCUT2D eigenvalue weighted by molar-refractivity contribution is 6.34. The van der Waals surface area contributed by atoms with Crippen molar-refractivity contribution < 1.29 is 14.3 Å². The molecule has 0 aromatic carbocycles. The first-order valence-electron chi connectivity index (χ1n) is 3.75. The number of Topliss-reactive ketones (excluding diaryl/α,β-unsaturated/α-hetero) is 1. The van der Waals surface area contributed by atoms with Crippen molar-refractivity contribution in [3.8, 4) is 0 Å². The molecule has 1 atom stereocenters. The molecule has 0 radical (unpaired) electrons. The van der Waals surface area contributed by atoms with E-state index in [-0.39, 0.29) is 5.92 Å². The lowest BCUT2D eigenvalue weighted by molar-refractivity contribution is -0.153. The van der Waals surface area contributed by atoms with Gasteiger partial charge in [-0.2, -0.15) is 0 Å². The lowest BCUT2D eigenvalue weighted by Crippen LogP contribution is -2.22. The molecule has 0 aliphatic heterocycles. The minimum atomic E-state index is -0.731. The maximum Gasteiger partial charge on any atom is 0.374 e. The quantitative estimate of drug-likeness (QED) is 0.455. The first kappa shape index (κ1) is 10.1. The fourth-order valence-corrected chi connectivity index (χ4v) is 0.866. The predicted molar refractivity (Wildman–Crippen MR) is 41.1 cm³/mol. The van der Waals surface area contributed by atoms with Gasteiger partial charge >= 0.3 is 5.97 Å². The maximum absolute atomic E-state index is 11.0. The molecule has 0 aromatic heterocycles. The van der Waals surface area contributed by atoms with E-state index >= 15 is 0 Å². The van der Waals surface area contributed by atoms with Crippen molar-refractivity contribution in [2.24, 2.45) is 5.92 Å². The zero-order valence-electron chi connectivity index (χ0n) is 7.22. The molecule has 64 valence electrons. The number of hydrogen-bond donors (Lipinski definition) is 0. The second-order valence-corrected chi connectivity index (χ2v) is 2.55. The van der Waals surface area contributed by atoms with Gasteiger partial charge in [0.05, 0.1) is 7.11 Å². The fraction of sp³-hybridized carbons (Fsp3) is 0.750. The molecule has 3 heteroatoms. The number of carbonyl (C=O) groups is 2. The number of ether oxygens (including phenoxy) is 1. The van der Waals surface area contributed by atoms with Gasteiger partial charge in [-0.15, -0.1) is 0 Å². The summed E-state index contributed by atoms with van der Waals surface area (Å²) >= 11 is 0. The molecule has 0 aromatic rings. The van der Waals surface area contributed by atoms with Gasteiger partial charge in [0.25, 0.3) is 0 Å². The third-order valence-corrected chi connectivity index (χ3v) is 1.56. The van der Waals surface area contributed by atoms with Gasteiger partial charge in [-0.05, 0) is 6.42 Å². The first-order valence-corrected chi connectivity index (χ1v) is 3.75. The van der Waals surface area contributed by atoms with Crippen LogP contribution in [0.25, 0.3) is 0 Å². The molecular formula is C8H14O3. The van der Waals surface area contributed by atoms with E-state index in [1.165, 1.54) is 7.11 Å². The molecule has 0 bridgehead atoms. The Hall–Kier alpha value is -0.860. The molecule has 1 unspecified atom stereocenters. The molecule has 0 rings (SSSR count). The number of methoxy groups -OCH3 is 1. The molecule has 0 heterocycles. The Morgan fingerprint density at radius 3 is 2.36 bits per heavy atom. The summed E-state index contributed by atoms with van der Waals surface area (Å²) in [5.41, 5.74) is 0. The van der Waals surface area contributed by atoms with Crippen LogP contribution in [0.4, 0.5) is 0 Å². The van der Waals surface area contributed by atoms with Crippen molar-refractivity contribution in [1.82, 2.24) is 0 Å². The monoisotopic (exact) mass is 158 g/mol. The zero-order valence-corrected chi connectivity index (χ0v) is 7.22. The molecule has 0 amide bonds. The van der Waals surface area contributed by atoms with Crippen LogP contribution in [0.3, 0.4) is 0 Å². The second kappa shape index (κ2) is 4.88. The summed E-state index contributed by atoms with van der Waals surface area (Å²) < 4.78 is 4.29. The standard InChI is InChI=1S/C8H14O3/c1-4-5-6(2)7(9)8(10)11-3/h6H,4-5H2,1-3H3. The van der Waals surface area contributed by atoms with Crippen LogP contribution in [0.2, 0.25) is 0 Å². The van der Waals surface area contributed by atoms with Crippen LogP contribution in [0.1, 0.15) is 26.7 Å². The Morgan fingerprint density at radius 2 is 2.00 bits per heavy atom. The van der Waals surface area contributed by atoms with Crippen LogP contribution < -0.4 is 0 Å². The summed E-state index contributed by atoms with van der Waals surface area (Å²) in [5.74, 6) is -1.35. The summed E-state index contributed by atoms with van der Waals surface area (Å²) in [6, 6.07) is 0. The third kappa shape index (κ3) is 3.16. The van der Waals surface area contributed by atoms with E-state index in [4.69, 9.17) is 0 Å². The number of ketones is 1. The van der Waals surface area contributed by atoms with Gasteiger partial charge in [-0.25, -0.2) is 4.79 Å². The molecule has 0 aliphatic rings. The third-order valence-electron chi connectivity index (χ3n) is 1.56. The van der Waals surface area contributed by atoms with Gasteiger partial charge in [0.2, 0.25) is 5.78 Å². The Morgan fingerprint density at radius 1 is 1.45 bits per heavy atom. The molecule has 0 saturated heterocycles. The summed E-state index contributed by atoms with van der Waals surface area (Å²) in [6.07, 6.45) is 1.65. The van der Waals surface area contributed by atoms with Crippen LogP contribution in [-0.4, -0.2) is 18.9 Å². The molecule has 0 spiro atoms. The highest BCUT2D eigenvalue weighted by atomic mass is 16.5. The smallest absolute Gasteiger partial charge is 0.374 e. The minimum Gasteiger partial charge on any atom is -0.463 e. The van der Waals surface area contributed by atoms with Gasteiger partial charge in [0, 0.05) is 5.92 Å². The molecular weight excluding hydrogens is 144 g/mol. The van der Waals surface area contributed by atoms with E-state index in [0.29, 0.717) is 0 Å². The topological polar surface area (TPSA) is 43.4 Å². The van der Waals surface area contributed by atoms with E-state index in [1.54, 1.807) is 6.92 Å². The normalized spacial score (nSPS) is 12.3. The molecule has 3 nitrogen and oxygen atoms in total. The number of hydrogen-bond acceptors (Lipinski definition) is 3. The van der Waals surface area contributed by atoms with Crippen LogP contribution in [0.15, 0.2) is 0 Å². The van der Waals surface area contributed by atoms with Crippen molar-refractivity contribution in [3.63, 3.8) is 0 Å². The van der Waals surface area contributed by atoms with Gasteiger partial charge < -0.3 is 4.74 Å². The lowest BCUT2D eigenvalue weighted by atomic mass is 10.0. The average molecular weight is 158 g/mol. The number of carbonyl (C=O) groups excluding carboxylic acids is 2. The van der Waals surface area contributed by atoms with Crippen LogP contribution in [0, 0.1) is 5.92 Å². The molecule has 0 N–H and O–H groups in total. The van der Waals surface area contributed by atoms with Gasteiger partial charge in [-0.1, -0.05) is 20.3 Å². The minimum absolute atomic E-state index is 0.201. The Bertz CT molecular complexity index is 151. The Kier molecular flexibility index (Phi) is 4.50.